The number of amides is 2. The van der Waals surface area contributed by atoms with E-state index in [0.29, 0.717) is 24.3 Å². The lowest BCUT2D eigenvalue weighted by molar-refractivity contribution is -0.138. The number of nitrogens with one attached hydrogen (secondary N) is 1. The first kappa shape index (κ1) is 23.5. The average Bonchev–Trinajstić information content (AvgIpc) is 3.08. The van der Waals surface area contributed by atoms with E-state index in [1.54, 1.807) is 0 Å². The second-order valence-electron chi connectivity index (χ2n) is 8.04. The maximum Gasteiger partial charge on any atom is 0.236 e. The highest BCUT2D eigenvalue weighted by Gasteiger charge is 2.31. The quantitative estimate of drug-likeness (QED) is 0.758. The molecule has 3 rings (SSSR count). The van der Waals surface area contributed by atoms with E-state index in [9.17, 15) is 9.59 Å². The molecular weight excluding hydrogens is 375 g/mol. The smallest absolute Gasteiger partial charge is 0.236 e. The highest BCUT2D eigenvalue weighted by atomic mass is 35.5. The first-order chi connectivity index (χ1) is 11.5. The van der Waals surface area contributed by atoms with Crippen LogP contribution in [-0.2, 0) is 9.59 Å². The second-order valence-corrected chi connectivity index (χ2v) is 8.04. The topological polar surface area (TPSA) is 55.9 Å². The van der Waals surface area contributed by atoms with E-state index < -0.39 is 0 Å². The van der Waals surface area contributed by atoms with Crippen LogP contribution < -0.4 is 5.32 Å². The van der Waals surface area contributed by atoms with Crippen LogP contribution in [0.3, 0.4) is 0 Å². The van der Waals surface area contributed by atoms with Crippen LogP contribution >= 0.6 is 24.8 Å². The maximum atomic E-state index is 12.6. The van der Waals surface area contributed by atoms with Gasteiger partial charge in [-0.15, -0.1) is 24.8 Å². The molecule has 0 aliphatic carbocycles. The number of carbonyl (C=O) groups excluding carboxylic acids is 2. The Balaban J connectivity index is 0.00000169. The third-order valence-corrected chi connectivity index (χ3v) is 5.67. The van der Waals surface area contributed by atoms with Crippen molar-refractivity contribution in [1.29, 1.82) is 0 Å². The predicted molar refractivity (Wildman–Crippen MR) is 108 cm³/mol. The molecule has 3 fully saturated rings. The summed E-state index contributed by atoms with van der Waals surface area (Å²) in [6.45, 7) is 11.7. The Morgan fingerprint density at radius 2 is 1.58 bits per heavy atom. The molecule has 8 heteroatoms. The molecule has 3 atom stereocenters. The minimum atomic E-state index is 0. The molecule has 1 N–H and O–H groups in total. The van der Waals surface area contributed by atoms with Gasteiger partial charge in [0.1, 0.15) is 0 Å². The van der Waals surface area contributed by atoms with Gasteiger partial charge in [-0.25, -0.2) is 0 Å². The number of hydrogen-bond donors (Lipinski definition) is 1. The average molecular weight is 409 g/mol. The molecule has 3 aliphatic rings. The Morgan fingerprint density at radius 3 is 2.12 bits per heavy atom. The van der Waals surface area contributed by atoms with Gasteiger partial charge in [0.15, 0.2) is 0 Å². The molecule has 3 heterocycles. The van der Waals surface area contributed by atoms with Crippen molar-refractivity contribution in [3.05, 3.63) is 0 Å². The summed E-state index contributed by atoms with van der Waals surface area (Å²) in [6, 6.07) is 0. The van der Waals surface area contributed by atoms with Gasteiger partial charge in [-0.1, -0.05) is 13.8 Å². The van der Waals surface area contributed by atoms with Crippen molar-refractivity contribution < 1.29 is 9.59 Å². The summed E-state index contributed by atoms with van der Waals surface area (Å²) in [7, 11) is 0. The monoisotopic (exact) mass is 408 g/mol. The molecule has 3 saturated heterocycles. The Bertz CT molecular complexity index is 456. The fraction of sp³-hybridized carbons (Fsp3) is 0.889. The molecule has 0 saturated carbocycles. The maximum absolute atomic E-state index is 12.6. The normalized spacial score (nSPS) is 29.7. The van der Waals surface area contributed by atoms with Crippen molar-refractivity contribution in [3.8, 4) is 0 Å². The number of piperazine rings is 1. The van der Waals surface area contributed by atoms with E-state index in [2.05, 4.69) is 24.1 Å². The van der Waals surface area contributed by atoms with Gasteiger partial charge in [-0.3, -0.25) is 14.5 Å². The van der Waals surface area contributed by atoms with Gasteiger partial charge in [-0.05, 0) is 31.2 Å². The summed E-state index contributed by atoms with van der Waals surface area (Å²) in [5, 5.41) is 3.26. The van der Waals surface area contributed by atoms with Crippen LogP contribution in [0.25, 0.3) is 0 Å². The van der Waals surface area contributed by atoms with Gasteiger partial charge in [0.2, 0.25) is 11.8 Å². The van der Waals surface area contributed by atoms with Crippen molar-refractivity contribution in [2.24, 2.45) is 17.8 Å². The molecule has 0 aromatic carbocycles. The van der Waals surface area contributed by atoms with Crippen LogP contribution in [0.2, 0.25) is 0 Å². The molecule has 0 spiro atoms. The number of carbonyl (C=O) groups is 2. The predicted octanol–water partition coefficient (Wildman–Crippen LogP) is 1.09. The summed E-state index contributed by atoms with van der Waals surface area (Å²) in [4.78, 5) is 31.3. The lowest BCUT2D eigenvalue weighted by Gasteiger charge is -2.38. The first-order valence-electron chi connectivity index (χ1n) is 9.52. The molecule has 6 nitrogen and oxygen atoms in total. The largest absolute Gasteiger partial charge is 0.341 e. The van der Waals surface area contributed by atoms with E-state index in [1.165, 1.54) is 6.42 Å². The first-order valence-corrected chi connectivity index (χ1v) is 9.52. The van der Waals surface area contributed by atoms with Crippen LogP contribution in [0, 0.1) is 17.8 Å². The van der Waals surface area contributed by atoms with E-state index in [4.69, 9.17) is 0 Å². The fourth-order valence-corrected chi connectivity index (χ4v) is 4.41. The molecule has 26 heavy (non-hydrogen) atoms. The highest BCUT2D eigenvalue weighted by molar-refractivity contribution is 5.85. The van der Waals surface area contributed by atoms with Gasteiger partial charge in [0, 0.05) is 45.8 Å². The SMILES string of the molecule is CC1CC(C)CN(C(=O)CN2CCN(C(=O)C3CCNC3)CC2)C1.Cl.Cl. The Morgan fingerprint density at radius 1 is 0.962 bits per heavy atom. The van der Waals surface area contributed by atoms with Crippen LogP contribution in [-0.4, -0.2) is 85.4 Å². The molecule has 0 aromatic heterocycles. The zero-order valence-electron chi connectivity index (χ0n) is 16.0. The molecule has 152 valence electrons. The zero-order chi connectivity index (χ0) is 17.1. The van der Waals surface area contributed by atoms with E-state index in [-0.39, 0.29) is 36.6 Å². The lowest BCUT2D eigenvalue weighted by Crippen LogP contribution is -2.53. The van der Waals surface area contributed by atoms with Crippen molar-refractivity contribution in [2.45, 2.75) is 26.7 Å². The van der Waals surface area contributed by atoms with Gasteiger partial charge in [-0.2, -0.15) is 0 Å². The number of piperidine rings is 1. The van der Waals surface area contributed by atoms with Crippen molar-refractivity contribution in [1.82, 2.24) is 20.0 Å². The van der Waals surface area contributed by atoms with Crippen LogP contribution in [0.15, 0.2) is 0 Å². The third-order valence-electron chi connectivity index (χ3n) is 5.67. The van der Waals surface area contributed by atoms with E-state index in [1.807, 2.05) is 9.80 Å². The molecule has 2 amide bonds. The van der Waals surface area contributed by atoms with Crippen LogP contribution in [0.1, 0.15) is 26.7 Å². The molecule has 3 unspecified atom stereocenters. The molecule has 3 aliphatic heterocycles. The number of likely N-dealkylation sites (tertiary alicyclic amines) is 1. The summed E-state index contributed by atoms with van der Waals surface area (Å²) >= 11 is 0. The molecule has 0 bridgehead atoms. The van der Waals surface area contributed by atoms with Gasteiger partial charge < -0.3 is 15.1 Å². The Kier molecular flexibility index (Phi) is 9.65. The zero-order valence-corrected chi connectivity index (χ0v) is 17.6. The standard InChI is InChI=1S/C18H32N4O2.2ClH/c1-14-9-15(2)12-22(11-14)17(23)13-20-5-7-21(8-6-20)18(24)16-3-4-19-10-16;;/h14-16,19H,3-13H2,1-2H3;2*1H. The number of halogens is 2. The van der Waals surface area contributed by atoms with E-state index in [0.717, 1.165) is 58.8 Å². The highest BCUT2D eigenvalue weighted by Crippen LogP contribution is 2.21. The van der Waals surface area contributed by atoms with Crippen LogP contribution in [0.4, 0.5) is 0 Å². The van der Waals surface area contributed by atoms with Gasteiger partial charge in [0.05, 0.1) is 12.5 Å². The molecule has 0 aromatic rings. The van der Waals surface area contributed by atoms with E-state index >= 15 is 0 Å². The molecule has 0 radical (unpaired) electrons. The summed E-state index contributed by atoms with van der Waals surface area (Å²) < 4.78 is 0. The lowest BCUT2D eigenvalue weighted by atomic mass is 9.92. The molecular formula is C18H34Cl2N4O2. The fourth-order valence-electron chi connectivity index (χ4n) is 4.41. The van der Waals surface area contributed by atoms with Gasteiger partial charge in [0.25, 0.3) is 0 Å². The number of hydrogen-bond acceptors (Lipinski definition) is 4. The van der Waals surface area contributed by atoms with Crippen LogP contribution in [0.5, 0.6) is 0 Å². The number of rotatable bonds is 3. The minimum Gasteiger partial charge on any atom is -0.341 e. The van der Waals surface area contributed by atoms with Gasteiger partial charge >= 0.3 is 0 Å². The summed E-state index contributed by atoms with van der Waals surface area (Å²) in [5.74, 6) is 1.92. The summed E-state index contributed by atoms with van der Waals surface area (Å²) in [6.07, 6.45) is 2.18. The van der Waals surface area contributed by atoms with Crippen molar-refractivity contribution >= 4 is 36.6 Å². The van der Waals surface area contributed by atoms with Crippen molar-refractivity contribution in [2.75, 3.05) is 58.9 Å². The summed E-state index contributed by atoms with van der Waals surface area (Å²) in [5.41, 5.74) is 0. The minimum absolute atomic E-state index is 0. The third kappa shape index (κ3) is 5.98. The number of nitrogens with zero attached hydrogens (tertiary/aromatic N) is 3. The van der Waals surface area contributed by atoms with Crippen molar-refractivity contribution in [3.63, 3.8) is 0 Å². The Labute approximate surface area is 169 Å². The second kappa shape index (κ2) is 10.7. The Hall–Kier alpha value is -0.560.